The Morgan fingerprint density at radius 2 is 1.71 bits per heavy atom. The smallest absolute Gasteiger partial charge is 0.240 e. The first-order chi connectivity index (χ1) is 11.5. The van der Waals surface area contributed by atoms with Crippen molar-refractivity contribution >= 4 is 11.6 Å². The van der Waals surface area contributed by atoms with E-state index in [0.29, 0.717) is 18.7 Å². The van der Waals surface area contributed by atoms with Crippen molar-refractivity contribution in [1.82, 2.24) is 4.90 Å². The highest BCUT2D eigenvalue weighted by Crippen LogP contribution is 2.14. The van der Waals surface area contributed by atoms with E-state index in [4.69, 9.17) is 5.26 Å². The van der Waals surface area contributed by atoms with Crippen molar-refractivity contribution in [3.05, 3.63) is 65.7 Å². The average Bonchev–Trinajstić information content (AvgIpc) is 2.61. The SMILES string of the molecule is CC(C)N(CC(=O)N(C)c1ccccc1)Cc1ccc(C#N)cc1. The van der Waals surface area contributed by atoms with Crippen LogP contribution in [0.2, 0.25) is 0 Å². The lowest BCUT2D eigenvalue weighted by Gasteiger charge is -2.28. The fourth-order valence-electron chi connectivity index (χ4n) is 2.42. The van der Waals surface area contributed by atoms with E-state index in [2.05, 4.69) is 24.8 Å². The van der Waals surface area contributed by atoms with Gasteiger partial charge in [0, 0.05) is 25.3 Å². The third kappa shape index (κ3) is 4.68. The monoisotopic (exact) mass is 321 g/mol. The van der Waals surface area contributed by atoms with Gasteiger partial charge in [-0.1, -0.05) is 30.3 Å². The highest BCUT2D eigenvalue weighted by Gasteiger charge is 2.18. The molecule has 4 heteroatoms. The third-order valence-corrected chi connectivity index (χ3v) is 4.05. The molecular weight excluding hydrogens is 298 g/mol. The molecule has 0 aliphatic carbocycles. The summed E-state index contributed by atoms with van der Waals surface area (Å²) in [5, 5.41) is 8.88. The molecule has 4 nitrogen and oxygen atoms in total. The second-order valence-corrected chi connectivity index (χ2v) is 6.10. The Hall–Kier alpha value is -2.64. The molecule has 2 rings (SSSR count). The summed E-state index contributed by atoms with van der Waals surface area (Å²) in [4.78, 5) is 16.4. The number of likely N-dealkylation sites (N-methyl/N-ethyl adjacent to an activating group) is 1. The molecule has 0 radical (unpaired) electrons. The van der Waals surface area contributed by atoms with E-state index in [1.165, 1.54) is 0 Å². The summed E-state index contributed by atoms with van der Waals surface area (Å²) in [6.45, 7) is 5.19. The van der Waals surface area contributed by atoms with Crippen molar-refractivity contribution in [2.75, 3.05) is 18.5 Å². The zero-order chi connectivity index (χ0) is 17.5. The first kappa shape index (κ1) is 17.7. The standard InChI is InChI=1S/C20H23N3O/c1-16(2)23(14-18-11-9-17(13-21)10-12-18)15-20(24)22(3)19-7-5-4-6-8-19/h4-12,16H,14-15H2,1-3H3. The predicted molar refractivity (Wildman–Crippen MR) is 96.6 cm³/mol. The summed E-state index contributed by atoms with van der Waals surface area (Å²) >= 11 is 0. The van der Waals surface area contributed by atoms with E-state index >= 15 is 0 Å². The summed E-state index contributed by atoms with van der Waals surface area (Å²) in [6, 6.07) is 19.5. The number of carbonyl (C=O) groups excluding carboxylic acids is 1. The molecule has 0 heterocycles. The van der Waals surface area contributed by atoms with Gasteiger partial charge in [-0.25, -0.2) is 0 Å². The molecule has 124 valence electrons. The van der Waals surface area contributed by atoms with Crippen LogP contribution in [-0.2, 0) is 11.3 Å². The van der Waals surface area contributed by atoms with Crippen molar-refractivity contribution < 1.29 is 4.79 Å². The summed E-state index contributed by atoms with van der Waals surface area (Å²) in [5.41, 5.74) is 2.64. The quantitative estimate of drug-likeness (QED) is 0.819. The number of benzene rings is 2. The van der Waals surface area contributed by atoms with Crippen LogP contribution in [0.3, 0.4) is 0 Å². The normalized spacial score (nSPS) is 10.7. The maximum Gasteiger partial charge on any atom is 0.240 e. The highest BCUT2D eigenvalue weighted by atomic mass is 16.2. The number of carbonyl (C=O) groups is 1. The second kappa shape index (κ2) is 8.28. The van der Waals surface area contributed by atoms with E-state index < -0.39 is 0 Å². The minimum atomic E-state index is 0.0588. The highest BCUT2D eigenvalue weighted by molar-refractivity contribution is 5.94. The Balaban J connectivity index is 2.05. The van der Waals surface area contributed by atoms with Crippen molar-refractivity contribution in [3.8, 4) is 6.07 Å². The number of rotatable bonds is 6. The Bertz CT molecular complexity index is 702. The predicted octanol–water partition coefficient (Wildman–Crippen LogP) is 3.43. The van der Waals surface area contributed by atoms with Gasteiger partial charge in [0.2, 0.25) is 5.91 Å². The molecule has 1 amide bonds. The summed E-state index contributed by atoms with van der Waals surface area (Å²) < 4.78 is 0. The molecule has 0 aliphatic rings. The number of hydrogen-bond acceptors (Lipinski definition) is 3. The maximum absolute atomic E-state index is 12.6. The lowest BCUT2D eigenvalue weighted by molar-refractivity contribution is -0.120. The fourth-order valence-corrected chi connectivity index (χ4v) is 2.42. The van der Waals surface area contributed by atoms with Crippen LogP contribution in [0, 0.1) is 11.3 Å². The average molecular weight is 321 g/mol. The van der Waals surface area contributed by atoms with Crippen molar-refractivity contribution in [3.63, 3.8) is 0 Å². The van der Waals surface area contributed by atoms with Gasteiger partial charge in [-0.2, -0.15) is 5.26 Å². The molecule has 24 heavy (non-hydrogen) atoms. The number of anilines is 1. The fraction of sp³-hybridized carbons (Fsp3) is 0.300. The lowest BCUT2D eigenvalue weighted by atomic mass is 10.1. The molecule has 0 saturated heterocycles. The molecule has 0 aromatic heterocycles. The molecule has 0 saturated carbocycles. The Labute approximate surface area is 143 Å². The topological polar surface area (TPSA) is 47.3 Å². The molecule has 2 aromatic rings. The van der Waals surface area contributed by atoms with Crippen molar-refractivity contribution in [2.24, 2.45) is 0 Å². The van der Waals surface area contributed by atoms with Gasteiger partial charge in [-0.05, 0) is 43.7 Å². The summed E-state index contributed by atoms with van der Waals surface area (Å²) in [7, 11) is 1.80. The van der Waals surface area contributed by atoms with Crippen molar-refractivity contribution in [2.45, 2.75) is 26.4 Å². The summed E-state index contributed by atoms with van der Waals surface area (Å²) in [5.74, 6) is 0.0588. The van der Waals surface area contributed by atoms with Gasteiger partial charge in [0.25, 0.3) is 0 Å². The lowest BCUT2D eigenvalue weighted by Crippen LogP contribution is -2.41. The molecule has 0 fully saturated rings. The van der Waals surface area contributed by atoms with E-state index in [9.17, 15) is 4.79 Å². The van der Waals surface area contributed by atoms with Gasteiger partial charge in [0.1, 0.15) is 0 Å². The van der Waals surface area contributed by atoms with Gasteiger partial charge in [0.15, 0.2) is 0 Å². The zero-order valence-corrected chi connectivity index (χ0v) is 14.4. The van der Waals surface area contributed by atoms with E-state index in [1.807, 2.05) is 54.6 Å². The number of nitriles is 1. The van der Waals surface area contributed by atoms with E-state index in [-0.39, 0.29) is 11.9 Å². The van der Waals surface area contributed by atoms with Crippen LogP contribution in [0.15, 0.2) is 54.6 Å². The van der Waals surface area contributed by atoms with Crippen LogP contribution in [0.25, 0.3) is 0 Å². The second-order valence-electron chi connectivity index (χ2n) is 6.10. The van der Waals surface area contributed by atoms with Crippen LogP contribution in [0.1, 0.15) is 25.0 Å². The van der Waals surface area contributed by atoms with E-state index in [0.717, 1.165) is 11.3 Å². The number of nitrogens with zero attached hydrogens (tertiary/aromatic N) is 3. The minimum Gasteiger partial charge on any atom is -0.314 e. The van der Waals surface area contributed by atoms with Crippen LogP contribution >= 0.6 is 0 Å². The molecule has 0 aliphatic heterocycles. The molecule has 0 spiro atoms. The first-order valence-electron chi connectivity index (χ1n) is 8.06. The number of para-hydroxylation sites is 1. The molecule has 0 N–H and O–H groups in total. The molecule has 0 atom stereocenters. The number of hydrogen-bond donors (Lipinski definition) is 0. The van der Waals surface area contributed by atoms with Gasteiger partial charge in [-0.3, -0.25) is 9.69 Å². The van der Waals surface area contributed by atoms with Gasteiger partial charge in [-0.15, -0.1) is 0 Å². The van der Waals surface area contributed by atoms with Crippen LogP contribution < -0.4 is 4.90 Å². The Morgan fingerprint density at radius 3 is 2.25 bits per heavy atom. The van der Waals surface area contributed by atoms with Gasteiger partial charge >= 0.3 is 0 Å². The maximum atomic E-state index is 12.6. The minimum absolute atomic E-state index is 0.0588. The van der Waals surface area contributed by atoms with Crippen molar-refractivity contribution in [1.29, 1.82) is 5.26 Å². The summed E-state index contributed by atoms with van der Waals surface area (Å²) in [6.07, 6.45) is 0. The number of amides is 1. The Morgan fingerprint density at radius 1 is 1.08 bits per heavy atom. The molecule has 2 aromatic carbocycles. The molecule has 0 unspecified atom stereocenters. The molecular formula is C20H23N3O. The van der Waals surface area contributed by atoms with Gasteiger partial charge < -0.3 is 4.90 Å². The van der Waals surface area contributed by atoms with Crippen LogP contribution in [-0.4, -0.2) is 30.4 Å². The van der Waals surface area contributed by atoms with Gasteiger partial charge in [0.05, 0.1) is 18.2 Å². The van der Waals surface area contributed by atoms with Crippen LogP contribution in [0.4, 0.5) is 5.69 Å². The molecule has 0 bridgehead atoms. The Kier molecular flexibility index (Phi) is 6.11. The third-order valence-electron chi connectivity index (χ3n) is 4.05. The van der Waals surface area contributed by atoms with E-state index in [1.54, 1.807) is 11.9 Å². The zero-order valence-electron chi connectivity index (χ0n) is 14.4. The largest absolute Gasteiger partial charge is 0.314 e. The van der Waals surface area contributed by atoms with Crippen LogP contribution in [0.5, 0.6) is 0 Å². The first-order valence-corrected chi connectivity index (χ1v) is 8.06.